The van der Waals surface area contributed by atoms with Gasteiger partial charge >= 0.3 is 0 Å². The first-order valence-corrected chi connectivity index (χ1v) is 7.43. The summed E-state index contributed by atoms with van der Waals surface area (Å²) in [5.41, 5.74) is 6.82. The van der Waals surface area contributed by atoms with Crippen LogP contribution in [0.15, 0.2) is 34.3 Å². The molecule has 6 heteroatoms. The maximum atomic E-state index is 12.3. The van der Waals surface area contributed by atoms with E-state index in [9.17, 15) is 4.79 Å². The molecule has 4 N–H and O–H groups in total. The number of hydrogen-bond acceptors (Lipinski definition) is 4. The molecule has 1 heterocycles. The molecule has 20 heavy (non-hydrogen) atoms. The SMILES string of the molecule is CC(C)C(NC(=O)C1Cc2ccccc2S1)C(N)=NO. The third kappa shape index (κ3) is 3.07. The Morgan fingerprint density at radius 3 is 2.80 bits per heavy atom. The van der Waals surface area contributed by atoms with Crippen molar-refractivity contribution in [1.82, 2.24) is 5.32 Å². The molecule has 2 rings (SSSR count). The highest BCUT2D eigenvalue weighted by molar-refractivity contribution is 8.01. The number of nitrogens with two attached hydrogens (primary N) is 1. The summed E-state index contributed by atoms with van der Waals surface area (Å²) in [4.78, 5) is 13.5. The van der Waals surface area contributed by atoms with Gasteiger partial charge in [0.1, 0.15) is 0 Å². The Balaban J connectivity index is 2.03. The number of oxime groups is 1. The van der Waals surface area contributed by atoms with E-state index in [-0.39, 0.29) is 22.9 Å². The minimum Gasteiger partial charge on any atom is -0.409 e. The number of carbonyl (C=O) groups excluding carboxylic acids is 1. The first-order valence-electron chi connectivity index (χ1n) is 6.55. The van der Waals surface area contributed by atoms with E-state index in [0.29, 0.717) is 6.42 Å². The highest BCUT2D eigenvalue weighted by atomic mass is 32.2. The van der Waals surface area contributed by atoms with Crippen LogP contribution in [0.2, 0.25) is 0 Å². The smallest absolute Gasteiger partial charge is 0.234 e. The van der Waals surface area contributed by atoms with Crippen LogP contribution in [0.4, 0.5) is 0 Å². The highest BCUT2D eigenvalue weighted by Gasteiger charge is 2.30. The third-order valence-electron chi connectivity index (χ3n) is 3.34. The Morgan fingerprint density at radius 2 is 2.20 bits per heavy atom. The van der Waals surface area contributed by atoms with Gasteiger partial charge in [0, 0.05) is 4.90 Å². The van der Waals surface area contributed by atoms with Gasteiger partial charge in [-0.3, -0.25) is 4.79 Å². The van der Waals surface area contributed by atoms with E-state index in [1.807, 2.05) is 38.1 Å². The van der Waals surface area contributed by atoms with Crippen molar-refractivity contribution in [1.29, 1.82) is 0 Å². The molecule has 5 nitrogen and oxygen atoms in total. The van der Waals surface area contributed by atoms with Crippen molar-refractivity contribution in [2.45, 2.75) is 36.5 Å². The number of nitrogens with one attached hydrogen (secondary N) is 1. The number of amidine groups is 1. The second kappa shape index (κ2) is 6.17. The molecule has 1 amide bonds. The van der Waals surface area contributed by atoms with Crippen molar-refractivity contribution >= 4 is 23.5 Å². The standard InChI is InChI=1S/C14H19N3O2S/c1-8(2)12(13(15)17-19)16-14(18)11-7-9-5-3-4-6-10(9)20-11/h3-6,8,11-12,19H,7H2,1-2H3,(H2,15,17)(H,16,18). The first kappa shape index (κ1) is 14.7. The molecule has 0 radical (unpaired) electrons. The summed E-state index contributed by atoms with van der Waals surface area (Å²) < 4.78 is 0. The molecule has 0 aromatic heterocycles. The van der Waals surface area contributed by atoms with Gasteiger partial charge in [0.25, 0.3) is 0 Å². The lowest BCUT2D eigenvalue weighted by Gasteiger charge is -2.22. The monoisotopic (exact) mass is 293 g/mol. The number of amides is 1. The summed E-state index contributed by atoms with van der Waals surface area (Å²) in [6.07, 6.45) is 0.716. The first-order chi connectivity index (χ1) is 9.52. The van der Waals surface area contributed by atoms with E-state index in [1.54, 1.807) is 11.8 Å². The third-order valence-corrected chi connectivity index (χ3v) is 4.66. The normalized spacial score (nSPS) is 19.8. The second-order valence-electron chi connectivity index (χ2n) is 5.17. The summed E-state index contributed by atoms with van der Waals surface area (Å²) in [5, 5.41) is 14.5. The summed E-state index contributed by atoms with van der Waals surface area (Å²) in [6.45, 7) is 3.83. The fraction of sp³-hybridized carbons (Fsp3) is 0.429. The van der Waals surface area contributed by atoms with Crippen LogP contribution in [0.3, 0.4) is 0 Å². The zero-order valence-electron chi connectivity index (χ0n) is 11.5. The summed E-state index contributed by atoms with van der Waals surface area (Å²) >= 11 is 1.56. The zero-order chi connectivity index (χ0) is 14.7. The maximum Gasteiger partial charge on any atom is 0.234 e. The number of benzene rings is 1. The molecule has 0 fully saturated rings. The molecule has 0 saturated heterocycles. The molecule has 0 aliphatic carbocycles. The number of fused-ring (bicyclic) bond motifs is 1. The summed E-state index contributed by atoms with van der Waals surface area (Å²) in [7, 11) is 0. The number of thioether (sulfide) groups is 1. The summed E-state index contributed by atoms with van der Waals surface area (Å²) in [6, 6.07) is 7.57. The molecule has 1 aromatic carbocycles. The Bertz CT molecular complexity index is 506. The van der Waals surface area contributed by atoms with Gasteiger partial charge in [-0.15, -0.1) is 11.8 Å². The van der Waals surface area contributed by atoms with Crippen LogP contribution in [-0.4, -0.2) is 28.2 Å². The second-order valence-corrected chi connectivity index (χ2v) is 6.42. The molecular formula is C14H19N3O2S. The van der Waals surface area contributed by atoms with Gasteiger partial charge in [0.2, 0.25) is 5.91 Å². The van der Waals surface area contributed by atoms with Crippen LogP contribution in [0.5, 0.6) is 0 Å². The lowest BCUT2D eigenvalue weighted by Crippen LogP contribution is -2.50. The van der Waals surface area contributed by atoms with Crippen molar-refractivity contribution in [3.63, 3.8) is 0 Å². The highest BCUT2D eigenvalue weighted by Crippen LogP contribution is 2.36. The molecule has 0 saturated carbocycles. The average Bonchev–Trinajstić information content (AvgIpc) is 2.87. The van der Waals surface area contributed by atoms with E-state index in [2.05, 4.69) is 10.5 Å². The molecular weight excluding hydrogens is 274 g/mol. The minimum atomic E-state index is -0.447. The van der Waals surface area contributed by atoms with Crippen LogP contribution in [0.25, 0.3) is 0 Å². The lowest BCUT2D eigenvalue weighted by atomic mass is 10.0. The fourth-order valence-electron chi connectivity index (χ4n) is 2.22. The van der Waals surface area contributed by atoms with Crippen molar-refractivity contribution < 1.29 is 10.0 Å². The van der Waals surface area contributed by atoms with Crippen molar-refractivity contribution in [3.8, 4) is 0 Å². The lowest BCUT2D eigenvalue weighted by molar-refractivity contribution is -0.121. The minimum absolute atomic E-state index is 0.0360. The number of hydrogen-bond donors (Lipinski definition) is 3. The van der Waals surface area contributed by atoms with Gasteiger partial charge in [0.05, 0.1) is 11.3 Å². The van der Waals surface area contributed by atoms with E-state index in [0.717, 1.165) is 4.90 Å². The predicted octanol–water partition coefficient (Wildman–Crippen LogP) is 1.59. The Kier molecular flexibility index (Phi) is 4.54. The predicted molar refractivity (Wildman–Crippen MR) is 80.0 cm³/mol. The Hall–Kier alpha value is -1.69. The molecule has 2 unspecified atom stereocenters. The van der Waals surface area contributed by atoms with Gasteiger partial charge in [-0.1, -0.05) is 37.2 Å². The molecule has 108 valence electrons. The van der Waals surface area contributed by atoms with Gasteiger partial charge in [-0.05, 0) is 24.0 Å². The number of nitrogens with zero attached hydrogens (tertiary/aromatic N) is 1. The Labute approximate surface area is 122 Å². The zero-order valence-corrected chi connectivity index (χ0v) is 12.4. The van der Waals surface area contributed by atoms with Crippen molar-refractivity contribution in [2.75, 3.05) is 0 Å². The molecule has 0 bridgehead atoms. The van der Waals surface area contributed by atoms with Gasteiger partial charge < -0.3 is 16.3 Å². The number of rotatable bonds is 4. The van der Waals surface area contributed by atoms with Crippen LogP contribution >= 0.6 is 11.8 Å². The van der Waals surface area contributed by atoms with Gasteiger partial charge in [-0.2, -0.15) is 0 Å². The van der Waals surface area contributed by atoms with E-state index >= 15 is 0 Å². The average molecular weight is 293 g/mol. The van der Waals surface area contributed by atoms with Crippen molar-refractivity contribution in [2.24, 2.45) is 16.8 Å². The van der Waals surface area contributed by atoms with Gasteiger partial charge in [0.15, 0.2) is 5.84 Å². The van der Waals surface area contributed by atoms with Gasteiger partial charge in [-0.25, -0.2) is 0 Å². The van der Waals surface area contributed by atoms with E-state index in [1.165, 1.54) is 5.56 Å². The topological polar surface area (TPSA) is 87.7 Å². The Morgan fingerprint density at radius 1 is 1.50 bits per heavy atom. The van der Waals surface area contributed by atoms with Crippen molar-refractivity contribution in [3.05, 3.63) is 29.8 Å². The molecule has 0 spiro atoms. The molecule has 1 aromatic rings. The fourth-order valence-corrected chi connectivity index (χ4v) is 3.42. The quantitative estimate of drug-likeness (QED) is 0.340. The molecule has 1 aliphatic heterocycles. The van der Waals surface area contributed by atoms with E-state index < -0.39 is 6.04 Å². The van der Waals surface area contributed by atoms with Crippen LogP contribution in [0.1, 0.15) is 19.4 Å². The molecule has 2 atom stereocenters. The van der Waals surface area contributed by atoms with E-state index in [4.69, 9.17) is 10.9 Å². The number of carbonyl (C=O) groups is 1. The van der Waals surface area contributed by atoms with Crippen LogP contribution < -0.4 is 11.1 Å². The van der Waals surface area contributed by atoms with Crippen LogP contribution in [0, 0.1) is 5.92 Å². The maximum absolute atomic E-state index is 12.3. The summed E-state index contributed by atoms with van der Waals surface area (Å²) in [5.74, 6) is 0.0222. The largest absolute Gasteiger partial charge is 0.409 e. The van der Waals surface area contributed by atoms with Crippen LogP contribution in [-0.2, 0) is 11.2 Å². The molecule has 1 aliphatic rings.